The molecule has 0 aromatic heterocycles. The summed E-state index contributed by atoms with van der Waals surface area (Å²) in [6.45, 7) is 6.60. The summed E-state index contributed by atoms with van der Waals surface area (Å²) in [4.78, 5) is 26.9. The zero-order valence-electron chi connectivity index (χ0n) is 18.1. The number of carbonyl (C=O) groups is 2. The molecule has 0 spiro atoms. The van der Waals surface area contributed by atoms with Gasteiger partial charge < -0.3 is 5.32 Å². The highest BCUT2D eigenvalue weighted by molar-refractivity contribution is 7.98. The minimum absolute atomic E-state index is 0.00391. The summed E-state index contributed by atoms with van der Waals surface area (Å²) in [7, 11) is 0. The van der Waals surface area contributed by atoms with E-state index in [0.717, 1.165) is 16.8 Å². The molecule has 0 saturated carbocycles. The fourth-order valence-electron chi connectivity index (χ4n) is 4.57. The summed E-state index contributed by atoms with van der Waals surface area (Å²) in [5, 5.41) is 3.02. The van der Waals surface area contributed by atoms with Gasteiger partial charge in [0.2, 0.25) is 5.91 Å². The van der Waals surface area contributed by atoms with E-state index < -0.39 is 0 Å². The van der Waals surface area contributed by atoms with Crippen molar-refractivity contribution in [3.05, 3.63) is 76.5 Å². The van der Waals surface area contributed by atoms with Crippen molar-refractivity contribution in [3.63, 3.8) is 0 Å². The van der Waals surface area contributed by atoms with Crippen LogP contribution in [0, 0.1) is 0 Å². The Morgan fingerprint density at radius 1 is 0.867 bits per heavy atom. The summed E-state index contributed by atoms with van der Waals surface area (Å²) < 4.78 is 0. The van der Waals surface area contributed by atoms with Crippen LogP contribution >= 0.6 is 11.8 Å². The van der Waals surface area contributed by atoms with Crippen molar-refractivity contribution in [2.75, 3.05) is 6.26 Å². The predicted octanol–water partition coefficient (Wildman–Crippen LogP) is 5.71. The Bertz CT molecular complexity index is 997. The lowest BCUT2D eigenvalue weighted by Crippen LogP contribution is -2.38. The second kappa shape index (κ2) is 8.07. The van der Waals surface area contributed by atoms with Crippen LogP contribution in [0.2, 0.25) is 0 Å². The number of rotatable bonds is 3. The number of Topliss-reactive ketones (excluding diaryl/α,β-unsaturated/α-hetero) is 1. The first-order valence-electron chi connectivity index (χ1n) is 10.6. The average Bonchev–Trinajstić information content (AvgIpc) is 2.72. The van der Waals surface area contributed by atoms with Gasteiger partial charge in [0.05, 0.1) is 0 Å². The van der Waals surface area contributed by atoms with Gasteiger partial charge in [-0.1, -0.05) is 57.2 Å². The first-order valence-corrected chi connectivity index (χ1v) is 11.8. The third kappa shape index (κ3) is 4.11. The molecule has 0 radical (unpaired) electrons. The molecule has 0 fully saturated rings. The standard InChI is InChI=1S/C26H29NO2S/c1-26(2,3)19-9-5-16(6-10-19)18-13-22-25(23(28)14-18)21(15-24(29)27-22)17-7-11-20(30-4)12-8-17/h5-12,18,21H,13-15H2,1-4H3,(H,27,29). The second-order valence-electron chi connectivity index (χ2n) is 9.37. The fraction of sp³-hybridized carbons (Fsp3) is 0.385. The molecule has 0 bridgehead atoms. The van der Waals surface area contributed by atoms with E-state index >= 15 is 0 Å². The SMILES string of the molecule is CSc1ccc(C2CC(=O)NC3=C2C(=O)CC(c2ccc(C(C)(C)C)cc2)C3)cc1. The van der Waals surface area contributed by atoms with Crippen molar-refractivity contribution in [3.8, 4) is 0 Å². The third-order valence-electron chi connectivity index (χ3n) is 6.30. The Kier molecular flexibility index (Phi) is 5.63. The van der Waals surface area contributed by atoms with E-state index in [1.54, 1.807) is 11.8 Å². The molecule has 1 N–H and O–H groups in total. The lowest BCUT2D eigenvalue weighted by molar-refractivity contribution is -0.122. The quantitative estimate of drug-likeness (QED) is 0.648. The molecule has 156 valence electrons. The molecule has 2 aromatic carbocycles. The number of allylic oxidation sites excluding steroid dienone is 2. The van der Waals surface area contributed by atoms with Crippen LogP contribution in [-0.2, 0) is 15.0 Å². The summed E-state index contributed by atoms with van der Waals surface area (Å²) in [5.74, 6) is 0.147. The van der Waals surface area contributed by atoms with Gasteiger partial charge in [-0.3, -0.25) is 9.59 Å². The van der Waals surface area contributed by atoms with Crippen LogP contribution in [0.25, 0.3) is 0 Å². The highest BCUT2D eigenvalue weighted by atomic mass is 32.2. The Labute approximate surface area is 183 Å². The number of ketones is 1. The topological polar surface area (TPSA) is 46.2 Å². The molecule has 30 heavy (non-hydrogen) atoms. The molecular formula is C26H29NO2S. The molecule has 1 amide bonds. The van der Waals surface area contributed by atoms with Crippen LogP contribution in [0.5, 0.6) is 0 Å². The highest BCUT2D eigenvalue weighted by Crippen LogP contribution is 2.43. The number of amides is 1. The monoisotopic (exact) mass is 419 g/mol. The lowest BCUT2D eigenvalue weighted by atomic mass is 9.73. The zero-order valence-corrected chi connectivity index (χ0v) is 18.9. The van der Waals surface area contributed by atoms with Crippen molar-refractivity contribution in [1.82, 2.24) is 5.32 Å². The molecule has 2 atom stereocenters. The Balaban J connectivity index is 1.63. The summed E-state index contributed by atoms with van der Waals surface area (Å²) >= 11 is 1.69. The van der Waals surface area contributed by atoms with Gasteiger partial charge in [-0.05, 0) is 52.8 Å². The van der Waals surface area contributed by atoms with Crippen molar-refractivity contribution in [2.24, 2.45) is 0 Å². The fourth-order valence-corrected chi connectivity index (χ4v) is 4.98. The molecule has 1 heterocycles. The van der Waals surface area contributed by atoms with E-state index in [4.69, 9.17) is 0 Å². The van der Waals surface area contributed by atoms with E-state index in [0.29, 0.717) is 19.3 Å². The number of carbonyl (C=O) groups excluding carboxylic acids is 2. The van der Waals surface area contributed by atoms with Gasteiger partial charge in [0.15, 0.2) is 5.78 Å². The lowest BCUT2D eigenvalue weighted by Gasteiger charge is -2.34. The van der Waals surface area contributed by atoms with Gasteiger partial charge in [0.25, 0.3) is 0 Å². The summed E-state index contributed by atoms with van der Waals surface area (Å²) in [5.41, 5.74) is 5.25. The normalized spacial score (nSPS) is 22.0. The minimum atomic E-state index is -0.138. The van der Waals surface area contributed by atoms with Crippen molar-refractivity contribution >= 4 is 23.5 Å². The Morgan fingerprint density at radius 3 is 2.10 bits per heavy atom. The Hall–Kier alpha value is -2.33. The maximum Gasteiger partial charge on any atom is 0.225 e. The van der Waals surface area contributed by atoms with E-state index in [2.05, 4.69) is 74.6 Å². The molecule has 4 heteroatoms. The third-order valence-corrected chi connectivity index (χ3v) is 7.05. The van der Waals surface area contributed by atoms with E-state index in [1.165, 1.54) is 16.0 Å². The maximum atomic E-state index is 13.2. The number of benzene rings is 2. The second-order valence-corrected chi connectivity index (χ2v) is 10.3. The van der Waals surface area contributed by atoms with Crippen LogP contribution in [0.1, 0.15) is 68.6 Å². The number of thioether (sulfide) groups is 1. The summed E-state index contributed by atoms with van der Waals surface area (Å²) in [6, 6.07) is 16.9. The molecule has 2 aromatic rings. The van der Waals surface area contributed by atoms with Gasteiger partial charge in [-0.15, -0.1) is 11.8 Å². The molecular weight excluding hydrogens is 390 g/mol. The molecule has 2 aliphatic rings. The minimum Gasteiger partial charge on any atom is -0.329 e. The van der Waals surface area contributed by atoms with E-state index in [9.17, 15) is 9.59 Å². The molecule has 4 rings (SSSR count). The van der Waals surface area contributed by atoms with Gasteiger partial charge >= 0.3 is 0 Å². The highest BCUT2D eigenvalue weighted by Gasteiger charge is 2.38. The van der Waals surface area contributed by atoms with Crippen molar-refractivity contribution in [2.45, 2.75) is 62.2 Å². The van der Waals surface area contributed by atoms with Gasteiger partial charge in [-0.25, -0.2) is 0 Å². The largest absolute Gasteiger partial charge is 0.329 e. The first kappa shape index (κ1) is 20.9. The van der Waals surface area contributed by atoms with Gasteiger partial charge in [-0.2, -0.15) is 0 Å². The van der Waals surface area contributed by atoms with Crippen LogP contribution in [0.15, 0.2) is 64.7 Å². The Morgan fingerprint density at radius 2 is 1.50 bits per heavy atom. The zero-order chi connectivity index (χ0) is 21.5. The molecule has 0 saturated heterocycles. The van der Waals surface area contributed by atoms with Crippen LogP contribution in [0.4, 0.5) is 0 Å². The molecule has 2 unspecified atom stereocenters. The van der Waals surface area contributed by atoms with Gasteiger partial charge in [0, 0.05) is 34.9 Å². The first-order chi connectivity index (χ1) is 14.3. The van der Waals surface area contributed by atoms with Gasteiger partial charge in [0.1, 0.15) is 0 Å². The van der Waals surface area contributed by atoms with E-state index in [-0.39, 0.29) is 28.9 Å². The molecule has 1 aliphatic heterocycles. The predicted molar refractivity (Wildman–Crippen MR) is 123 cm³/mol. The number of hydrogen-bond acceptors (Lipinski definition) is 3. The van der Waals surface area contributed by atoms with Crippen LogP contribution in [0.3, 0.4) is 0 Å². The smallest absolute Gasteiger partial charge is 0.225 e. The number of hydrogen-bond donors (Lipinski definition) is 1. The van der Waals surface area contributed by atoms with Crippen molar-refractivity contribution in [1.29, 1.82) is 0 Å². The average molecular weight is 420 g/mol. The van der Waals surface area contributed by atoms with Crippen molar-refractivity contribution < 1.29 is 9.59 Å². The van der Waals surface area contributed by atoms with Crippen LogP contribution < -0.4 is 5.32 Å². The molecule has 3 nitrogen and oxygen atoms in total. The summed E-state index contributed by atoms with van der Waals surface area (Å²) in [6.07, 6.45) is 3.60. The maximum absolute atomic E-state index is 13.2. The van der Waals surface area contributed by atoms with Crippen LogP contribution in [-0.4, -0.2) is 17.9 Å². The van der Waals surface area contributed by atoms with E-state index in [1.807, 2.05) is 6.26 Å². The molecule has 1 aliphatic carbocycles. The number of nitrogens with one attached hydrogen (secondary N) is 1.